The first-order valence-electron chi connectivity index (χ1n) is 15.7. The van der Waals surface area contributed by atoms with Crippen LogP contribution >= 0.6 is 34.8 Å². The van der Waals surface area contributed by atoms with E-state index in [1.54, 1.807) is 49.7 Å². The fraction of sp³-hybridized carbons (Fsp3) is 0.179. The number of carbonyl (C=O) groups is 2. The summed E-state index contributed by atoms with van der Waals surface area (Å²) in [5.74, 6) is -0.461. The summed E-state index contributed by atoms with van der Waals surface area (Å²) >= 11 is 20.8. The third-order valence-electron chi connectivity index (χ3n) is 7.85. The molecule has 49 heavy (non-hydrogen) atoms. The van der Waals surface area contributed by atoms with Crippen molar-refractivity contribution < 1.29 is 14.0 Å². The third kappa shape index (κ3) is 8.92. The van der Waals surface area contributed by atoms with Crippen LogP contribution in [0.15, 0.2) is 109 Å². The molecule has 6 nitrogen and oxygen atoms in total. The molecule has 0 saturated carbocycles. The smallest absolute Gasteiger partial charge is 0.283 e. The van der Waals surface area contributed by atoms with Gasteiger partial charge in [0.15, 0.2) is 0 Å². The molecule has 0 bridgehead atoms. The van der Waals surface area contributed by atoms with Crippen molar-refractivity contribution in [1.82, 2.24) is 15.2 Å². The van der Waals surface area contributed by atoms with E-state index in [-0.39, 0.29) is 30.4 Å². The lowest BCUT2D eigenvalue weighted by atomic mass is 9.85. The summed E-state index contributed by atoms with van der Waals surface area (Å²) in [7, 11) is -0.0132. The number of carbonyl (C=O) groups excluding carboxylic acids is 2. The first-order chi connectivity index (χ1) is 23.5. The second-order valence-corrected chi connectivity index (χ2v) is 15.7. The SMILES string of the molecule is CNC(=O)c1ccc(C=CC(=O)NCc2cc(Cl)cn2-c2cc(CO[Si](c3ccccc3)c3ccccc3)c(Cl)c(C(C)(C)C)c2Cl)cc1. The highest BCUT2D eigenvalue weighted by Crippen LogP contribution is 2.42. The highest BCUT2D eigenvalue weighted by Gasteiger charge is 2.28. The topological polar surface area (TPSA) is 72.4 Å². The maximum absolute atomic E-state index is 12.8. The Kier molecular flexibility index (Phi) is 11.9. The standard InChI is InChI=1S/C39H37Cl3N3O3Si/c1-39(2,3)35-36(41)28(25-48-49(31-11-7-5-8-12-31)32-13-9-6-10-14-32)21-33(37(35)42)45-24-29(40)22-30(45)23-44-34(46)20-17-26-15-18-27(19-16-26)38(47)43-4/h5-22,24H,23,25H2,1-4H3,(H,43,47)(H,44,46). The van der Waals surface area contributed by atoms with Gasteiger partial charge >= 0.3 is 0 Å². The van der Waals surface area contributed by atoms with Gasteiger partial charge in [0.05, 0.1) is 33.9 Å². The van der Waals surface area contributed by atoms with Crippen molar-refractivity contribution in [3.05, 3.63) is 152 Å². The van der Waals surface area contributed by atoms with E-state index >= 15 is 0 Å². The monoisotopic (exact) mass is 728 g/mol. The highest BCUT2D eigenvalue weighted by molar-refractivity contribution is 6.80. The largest absolute Gasteiger partial charge is 0.403 e. The summed E-state index contributed by atoms with van der Waals surface area (Å²) < 4.78 is 8.63. The second kappa shape index (κ2) is 16.1. The van der Waals surface area contributed by atoms with E-state index in [4.69, 9.17) is 39.2 Å². The summed E-state index contributed by atoms with van der Waals surface area (Å²) in [6.07, 6.45) is 4.92. The van der Waals surface area contributed by atoms with Gasteiger partial charge in [-0.15, -0.1) is 0 Å². The lowest BCUT2D eigenvalue weighted by Gasteiger charge is -2.27. The number of rotatable bonds is 11. The molecule has 0 atom stereocenters. The molecule has 0 unspecified atom stereocenters. The maximum Gasteiger partial charge on any atom is 0.283 e. The van der Waals surface area contributed by atoms with Gasteiger partial charge in [0, 0.05) is 30.6 Å². The molecule has 1 radical (unpaired) electrons. The van der Waals surface area contributed by atoms with Gasteiger partial charge in [-0.3, -0.25) is 9.59 Å². The summed E-state index contributed by atoms with van der Waals surface area (Å²) in [6, 6.07) is 31.2. The van der Waals surface area contributed by atoms with Crippen LogP contribution in [0.25, 0.3) is 11.8 Å². The zero-order chi connectivity index (χ0) is 35.1. The quantitative estimate of drug-likeness (QED) is 0.108. The van der Waals surface area contributed by atoms with E-state index in [0.29, 0.717) is 26.3 Å². The van der Waals surface area contributed by atoms with E-state index in [1.165, 1.54) is 6.08 Å². The molecular weight excluding hydrogens is 693 g/mol. The molecule has 0 saturated heterocycles. The molecule has 0 aliphatic carbocycles. The van der Waals surface area contributed by atoms with Crippen LogP contribution in [-0.2, 0) is 27.8 Å². The Balaban J connectivity index is 1.42. The van der Waals surface area contributed by atoms with E-state index in [0.717, 1.165) is 32.8 Å². The molecule has 2 N–H and O–H groups in total. The zero-order valence-corrected chi connectivity index (χ0v) is 31.0. The van der Waals surface area contributed by atoms with Crippen LogP contribution in [0.1, 0.15) is 53.5 Å². The molecular formula is C39H37Cl3N3O3Si. The minimum atomic E-state index is -1.59. The van der Waals surface area contributed by atoms with Crippen LogP contribution in [-0.4, -0.2) is 32.5 Å². The zero-order valence-electron chi connectivity index (χ0n) is 27.7. The normalized spacial score (nSPS) is 11.7. The Morgan fingerprint density at radius 2 is 1.47 bits per heavy atom. The van der Waals surface area contributed by atoms with Crippen LogP contribution in [0.4, 0.5) is 0 Å². The van der Waals surface area contributed by atoms with Crippen molar-refractivity contribution in [2.24, 2.45) is 0 Å². The van der Waals surface area contributed by atoms with Crippen LogP contribution in [0, 0.1) is 0 Å². The van der Waals surface area contributed by atoms with E-state index in [1.807, 2.05) is 47.0 Å². The fourth-order valence-electron chi connectivity index (χ4n) is 5.41. The van der Waals surface area contributed by atoms with Gasteiger partial charge in [-0.05, 0) is 62.8 Å². The van der Waals surface area contributed by atoms with E-state index in [2.05, 4.69) is 55.7 Å². The predicted molar refractivity (Wildman–Crippen MR) is 203 cm³/mol. The van der Waals surface area contributed by atoms with Crippen molar-refractivity contribution in [2.45, 2.75) is 39.3 Å². The molecule has 2 amide bonds. The number of nitrogens with zero attached hydrogens (tertiary/aromatic N) is 1. The van der Waals surface area contributed by atoms with Crippen molar-refractivity contribution in [3.63, 3.8) is 0 Å². The lowest BCUT2D eigenvalue weighted by Crippen LogP contribution is -2.44. The molecule has 1 aromatic heterocycles. The maximum atomic E-state index is 12.8. The molecule has 0 aliphatic rings. The Morgan fingerprint density at radius 1 is 0.857 bits per heavy atom. The van der Waals surface area contributed by atoms with Gasteiger partial charge in [0.25, 0.3) is 14.9 Å². The average Bonchev–Trinajstić information content (AvgIpc) is 3.47. The molecule has 0 aliphatic heterocycles. The Bertz CT molecular complexity index is 1920. The molecule has 0 fully saturated rings. The van der Waals surface area contributed by atoms with Crippen molar-refractivity contribution >= 4 is 72.1 Å². The van der Waals surface area contributed by atoms with Crippen molar-refractivity contribution in [2.75, 3.05) is 7.05 Å². The van der Waals surface area contributed by atoms with Crippen LogP contribution in [0.5, 0.6) is 0 Å². The van der Waals surface area contributed by atoms with Gasteiger partial charge in [0.1, 0.15) is 0 Å². The molecule has 10 heteroatoms. The average molecular weight is 730 g/mol. The number of hydrogen-bond donors (Lipinski definition) is 2. The Hall–Kier alpha value is -4.11. The molecule has 5 aromatic rings. The summed E-state index contributed by atoms with van der Waals surface area (Å²) in [5.41, 5.74) is 3.95. The molecule has 0 spiro atoms. The van der Waals surface area contributed by atoms with Gasteiger partial charge in [-0.2, -0.15) is 0 Å². The van der Waals surface area contributed by atoms with Crippen molar-refractivity contribution in [3.8, 4) is 5.69 Å². The Morgan fingerprint density at radius 3 is 2.04 bits per heavy atom. The van der Waals surface area contributed by atoms with Gasteiger partial charge in [0.2, 0.25) is 5.91 Å². The van der Waals surface area contributed by atoms with Gasteiger partial charge in [-0.1, -0.05) is 128 Å². The third-order valence-corrected chi connectivity index (χ3v) is 11.0. The highest BCUT2D eigenvalue weighted by atomic mass is 35.5. The molecule has 251 valence electrons. The van der Waals surface area contributed by atoms with Crippen molar-refractivity contribution in [1.29, 1.82) is 0 Å². The predicted octanol–water partition coefficient (Wildman–Crippen LogP) is 7.75. The van der Waals surface area contributed by atoms with E-state index < -0.39 is 9.04 Å². The van der Waals surface area contributed by atoms with Crippen LogP contribution in [0.2, 0.25) is 15.1 Å². The fourth-order valence-corrected chi connectivity index (χ4v) is 8.65. The first-order valence-corrected chi connectivity index (χ1v) is 18.3. The minimum absolute atomic E-state index is 0.171. The summed E-state index contributed by atoms with van der Waals surface area (Å²) in [5, 5.41) is 9.34. The number of amides is 2. The second-order valence-electron chi connectivity index (χ2n) is 12.4. The van der Waals surface area contributed by atoms with E-state index in [9.17, 15) is 9.59 Å². The number of benzene rings is 4. The lowest BCUT2D eigenvalue weighted by molar-refractivity contribution is -0.116. The summed E-state index contributed by atoms with van der Waals surface area (Å²) in [6.45, 7) is 6.66. The van der Waals surface area contributed by atoms with Crippen LogP contribution < -0.4 is 21.0 Å². The summed E-state index contributed by atoms with van der Waals surface area (Å²) in [4.78, 5) is 24.6. The number of aromatic nitrogens is 1. The number of nitrogens with one attached hydrogen (secondary N) is 2. The van der Waals surface area contributed by atoms with Gasteiger partial charge in [-0.25, -0.2) is 0 Å². The molecule has 1 heterocycles. The molecule has 5 rings (SSSR count). The minimum Gasteiger partial charge on any atom is -0.403 e. The van der Waals surface area contributed by atoms with Crippen LogP contribution in [0.3, 0.4) is 0 Å². The number of halogens is 3. The number of hydrogen-bond acceptors (Lipinski definition) is 3. The Labute approximate surface area is 304 Å². The molecule has 4 aromatic carbocycles. The first kappa shape index (κ1) is 36.2. The van der Waals surface area contributed by atoms with Gasteiger partial charge < -0.3 is 19.6 Å².